The minimum absolute atomic E-state index is 0.00886. The Kier molecular flexibility index (Phi) is 7.85. The lowest BCUT2D eigenvalue weighted by Gasteiger charge is -2.09. The van der Waals surface area contributed by atoms with Crippen LogP contribution in [0.25, 0.3) is 0 Å². The monoisotopic (exact) mass is 348 g/mol. The number of ether oxygens (including phenoxy) is 2. The van der Waals surface area contributed by atoms with Gasteiger partial charge in [-0.15, -0.1) is 0 Å². The van der Waals surface area contributed by atoms with E-state index in [-0.39, 0.29) is 18.8 Å². The maximum Gasteiger partial charge on any atom is 0.345 e. The molecule has 1 amide bonds. The number of aliphatic hydroxyl groups is 1. The van der Waals surface area contributed by atoms with E-state index in [1.54, 1.807) is 32.0 Å². The van der Waals surface area contributed by atoms with E-state index >= 15 is 0 Å². The molecule has 0 spiro atoms. The number of benzene rings is 1. The van der Waals surface area contributed by atoms with Gasteiger partial charge in [0.15, 0.2) is 0 Å². The lowest BCUT2D eigenvalue weighted by Crippen LogP contribution is -2.27. The van der Waals surface area contributed by atoms with Gasteiger partial charge in [-0.1, -0.05) is 18.2 Å². The number of amides is 1. The zero-order valence-corrected chi connectivity index (χ0v) is 14.0. The molecule has 25 heavy (non-hydrogen) atoms. The number of hydrogen-bond acceptors (Lipinski definition) is 6. The molecule has 0 unspecified atom stereocenters. The number of amidine groups is 1. The van der Waals surface area contributed by atoms with Gasteiger partial charge in [0.1, 0.15) is 23.6 Å². The van der Waals surface area contributed by atoms with Crippen LogP contribution in [0.3, 0.4) is 0 Å². The molecule has 0 radical (unpaired) electrons. The Morgan fingerprint density at radius 2 is 1.68 bits per heavy atom. The van der Waals surface area contributed by atoms with Gasteiger partial charge < -0.3 is 20.3 Å². The summed E-state index contributed by atoms with van der Waals surface area (Å²) in [6.07, 6.45) is -0.599. The standard InChI is InChI=1S/C17H20N2O6/c1-3-24-13(21)10-12(20)14(17(23)25-4-2)15(18)19-16(22)11-8-6-5-7-9-11/h5-9,20H,3-4,10H2,1-2H3,(H2,18,19,22)/b14-12-. The van der Waals surface area contributed by atoms with Crippen LogP contribution in [-0.2, 0) is 19.1 Å². The van der Waals surface area contributed by atoms with Crippen LogP contribution >= 0.6 is 0 Å². The topological polar surface area (TPSA) is 128 Å². The van der Waals surface area contributed by atoms with E-state index in [1.165, 1.54) is 12.1 Å². The van der Waals surface area contributed by atoms with E-state index < -0.39 is 41.4 Å². The van der Waals surface area contributed by atoms with E-state index in [9.17, 15) is 19.5 Å². The van der Waals surface area contributed by atoms with Gasteiger partial charge in [0.05, 0.1) is 13.2 Å². The zero-order valence-electron chi connectivity index (χ0n) is 14.0. The fraction of sp³-hybridized carbons (Fsp3) is 0.294. The third kappa shape index (κ3) is 6.09. The summed E-state index contributed by atoms with van der Waals surface area (Å²) in [6.45, 7) is 3.27. The van der Waals surface area contributed by atoms with Crippen molar-refractivity contribution in [2.75, 3.05) is 13.2 Å². The summed E-state index contributed by atoms with van der Waals surface area (Å²) in [5.74, 6) is -3.69. The fourth-order valence-corrected chi connectivity index (χ4v) is 1.82. The van der Waals surface area contributed by atoms with E-state index in [2.05, 4.69) is 4.99 Å². The molecule has 1 aromatic rings. The fourth-order valence-electron chi connectivity index (χ4n) is 1.82. The first-order valence-corrected chi connectivity index (χ1v) is 7.59. The second kappa shape index (κ2) is 9.86. The molecular weight excluding hydrogens is 328 g/mol. The number of hydrogen-bond donors (Lipinski definition) is 2. The molecule has 0 atom stereocenters. The quantitative estimate of drug-likeness (QED) is 0.251. The second-order valence-corrected chi connectivity index (χ2v) is 4.69. The minimum Gasteiger partial charge on any atom is -0.511 e. The number of carbonyl (C=O) groups excluding carboxylic acids is 3. The van der Waals surface area contributed by atoms with Crippen LogP contribution in [0.5, 0.6) is 0 Å². The van der Waals surface area contributed by atoms with Crippen molar-refractivity contribution in [3.05, 3.63) is 47.2 Å². The molecule has 0 aliphatic carbocycles. The summed E-state index contributed by atoms with van der Waals surface area (Å²) in [4.78, 5) is 39.2. The van der Waals surface area contributed by atoms with E-state index in [4.69, 9.17) is 15.2 Å². The molecular formula is C17H20N2O6. The van der Waals surface area contributed by atoms with Crippen molar-refractivity contribution in [1.29, 1.82) is 0 Å². The maximum absolute atomic E-state index is 12.1. The normalized spacial score (nSPS) is 12.2. The van der Waals surface area contributed by atoms with E-state index in [0.717, 1.165) is 0 Å². The summed E-state index contributed by atoms with van der Waals surface area (Å²) in [7, 11) is 0. The van der Waals surface area contributed by atoms with Gasteiger partial charge in [-0.25, -0.2) is 4.79 Å². The first-order valence-electron chi connectivity index (χ1n) is 7.59. The number of aliphatic hydroxyl groups excluding tert-OH is 1. The summed E-state index contributed by atoms with van der Waals surface area (Å²) in [5, 5.41) is 10.1. The maximum atomic E-state index is 12.1. The van der Waals surface area contributed by atoms with Crippen molar-refractivity contribution < 1.29 is 29.0 Å². The van der Waals surface area contributed by atoms with Gasteiger partial charge in [0.2, 0.25) is 0 Å². The Balaban J connectivity index is 3.17. The number of aliphatic imine (C=N–C) groups is 1. The molecule has 0 bridgehead atoms. The van der Waals surface area contributed by atoms with E-state index in [1.807, 2.05) is 0 Å². The van der Waals surface area contributed by atoms with Crippen LogP contribution in [0.1, 0.15) is 30.6 Å². The third-order valence-corrected chi connectivity index (χ3v) is 2.88. The van der Waals surface area contributed by atoms with Crippen molar-refractivity contribution in [2.45, 2.75) is 20.3 Å². The molecule has 8 nitrogen and oxygen atoms in total. The van der Waals surface area contributed by atoms with Crippen LogP contribution in [0, 0.1) is 0 Å². The summed E-state index contributed by atoms with van der Waals surface area (Å²) in [6, 6.07) is 8.04. The predicted molar refractivity (Wildman–Crippen MR) is 89.9 cm³/mol. The van der Waals surface area contributed by atoms with Gasteiger partial charge in [-0.3, -0.25) is 9.59 Å². The van der Waals surface area contributed by atoms with Gasteiger partial charge in [0.25, 0.3) is 5.91 Å². The van der Waals surface area contributed by atoms with Crippen LogP contribution in [0.2, 0.25) is 0 Å². The van der Waals surface area contributed by atoms with Crippen LogP contribution in [0.15, 0.2) is 46.7 Å². The lowest BCUT2D eigenvalue weighted by molar-refractivity contribution is -0.142. The molecule has 0 saturated carbocycles. The van der Waals surface area contributed by atoms with Gasteiger partial charge in [0, 0.05) is 5.56 Å². The van der Waals surface area contributed by atoms with Gasteiger partial charge in [-0.2, -0.15) is 4.99 Å². The van der Waals surface area contributed by atoms with Crippen molar-refractivity contribution in [2.24, 2.45) is 10.7 Å². The Labute approximate surface area is 144 Å². The highest BCUT2D eigenvalue weighted by Crippen LogP contribution is 2.11. The first-order chi connectivity index (χ1) is 11.9. The highest BCUT2D eigenvalue weighted by molar-refractivity contribution is 6.22. The molecule has 8 heteroatoms. The number of rotatable bonds is 7. The zero-order chi connectivity index (χ0) is 18.8. The molecule has 1 aromatic carbocycles. The molecule has 134 valence electrons. The number of esters is 2. The second-order valence-electron chi connectivity index (χ2n) is 4.69. The van der Waals surface area contributed by atoms with Crippen molar-refractivity contribution in [3.63, 3.8) is 0 Å². The summed E-state index contributed by atoms with van der Waals surface area (Å²) < 4.78 is 9.49. The van der Waals surface area contributed by atoms with Crippen LogP contribution in [0.4, 0.5) is 0 Å². The number of nitrogens with zero attached hydrogens (tertiary/aromatic N) is 1. The predicted octanol–water partition coefficient (Wildman–Crippen LogP) is 1.51. The van der Waals surface area contributed by atoms with Gasteiger partial charge in [-0.05, 0) is 26.0 Å². The molecule has 3 N–H and O–H groups in total. The molecule has 0 aromatic heterocycles. The van der Waals surface area contributed by atoms with Crippen LogP contribution in [-0.4, -0.2) is 42.0 Å². The SMILES string of the molecule is CCOC(=O)C/C(O)=C(/C(=O)OCC)C(N)=NC(=O)c1ccccc1. The third-order valence-electron chi connectivity index (χ3n) is 2.88. The Morgan fingerprint density at radius 1 is 1.08 bits per heavy atom. The van der Waals surface area contributed by atoms with Crippen LogP contribution < -0.4 is 5.73 Å². The van der Waals surface area contributed by atoms with Gasteiger partial charge >= 0.3 is 11.9 Å². The molecule has 0 aliphatic heterocycles. The minimum atomic E-state index is -0.994. The number of nitrogens with two attached hydrogens (primary N) is 1. The first kappa shape index (κ1) is 19.9. The Hall–Kier alpha value is -3.16. The molecule has 1 rings (SSSR count). The van der Waals surface area contributed by atoms with Crippen molar-refractivity contribution in [1.82, 2.24) is 0 Å². The largest absolute Gasteiger partial charge is 0.511 e. The average Bonchev–Trinajstić information content (AvgIpc) is 2.56. The molecule has 0 heterocycles. The summed E-state index contributed by atoms with van der Waals surface area (Å²) in [5.41, 5.74) is 5.40. The highest BCUT2D eigenvalue weighted by Gasteiger charge is 2.24. The molecule has 0 fully saturated rings. The van der Waals surface area contributed by atoms with E-state index in [0.29, 0.717) is 0 Å². The number of carbonyl (C=O) groups is 3. The lowest BCUT2D eigenvalue weighted by atomic mass is 10.1. The molecule has 0 saturated heterocycles. The highest BCUT2D eigenvalue weighted by atomic mass is 16.5. The van der Waals surface area contributed by atoms with Crippen molar-refractivity contribution >= 4 is 23.7 Å². The Bertz CT molecular complexity index is 694. The van der Waals surface area contributed by atoms with Crippen molar-refractivity contribution in [3.8, 4) is 0 Å². The average molecular weight is 348 g/mol. The smallest absolute Gasteiger partial charge is 0.345 e. The molecule has 0 aliphatic rings. The summed E-state index contributed by atoms with van der Waals surface area (Å²) >= 11 is 0. The Morgan fingerprint density at radius 3 is 2.24 bits per heavy atom.